The first kappa shape index (κ1) is 12.9. The molecule has 0 bridgehead atoms. The molecule has 1 aliphatic rings. The van der Waals surface area contributed by atoms with Gasteiger partial charge >= 0.3 is 0 Å². The standard InChI is InChI=1S/C15H14FNO3/c16-13-9-11(15-4-2-12(10-18)20-15)1-3-14(13)17-5-7-19-8-6-17/h1-4,9-10H,5-8H2. The van der Waals surface area contributed by atoms with E-state index in [9.17, 15) is 9.18 Å². The van der Waals surface area contributed by atoms with Crippen LogP contribution in [0.5, 0.6) is 0 Å². The summed E-state index contributed by atoms with van der Waals surface area (Å²) in [6.45, 7) is 2.60. The largest absolute Gasteiger partial charge is 0.453 e. The van der Waals surface area contributed by atoms with Crippen LogP contribution < -0.4 is 4.90 Å². The van der Waals surface area contributed by atoms with E-state index in [0.29, 0.717) is 49.6 Å². The number of hydrogen-bond donors (Lipinski definition) is 0. The molecule has 0 N–H and O–H groups in total. The molecule has 3 rings (SSSR count). The van der Waals surface area contributed by atoms with E-state index in [1.807, 2.05) is 4.90 Å². The fourth-order valence-electron chi connectivity index (χ4n) is 2.29. The van der Waals surface area contributed by atoms with Crippen molar-refractivity contribution < 1.29 is 18.3 Å². The van der Waals surface area contributed by atoms with Crippen LogP contribution in [0.15, 0.2) is 34.7 Å². The minimum absolute atomic E-state index is 0.234. The molecule has 1 aliphatic heterocycles. The molecule has 4 nitrogen and oxygen atoms in total. The molecule has 0 atom stereocenters. The van der Waals surface area contributed by atoms with Crippen molar-refractivity contribution in [3.63, 3.8) is 0 Å². The highest BCUT2D eigenvalue weighted by atomic mass is 19.1. The number of aldehydes is 1. The van der Waals surface area contributed by atoms with Crippen molar-refractivity contribution in [1.29, 1.82) is 0 Å². The maximum absolute atomic E-state index is 14.2. The van der Waals surface area contributed by atoms with Crippen molar-refractivity contribution in [2.45, 2.75) is 0 Å². The molecule has 0 radical (unpaired) electrons. The zero-order chi connectivity index (χ0) is 13.9. The minimum atomic E-state index is -0.298. The highest BCUT2D eigenvalue weighted by Gasteiger charge is 2.16. The zero-order valence-corrected chi connectivity index (χ0v) is 10.8. The molecular weight excluding hydrogens is 261 g/mol. The summed E-state index contributed by atoms with van der Waals surface area (Å²) in [5.74, 6) is 0.422. The van der Waals surface area contributed by atoms with E-state index in [4.69, 9.17) is 9.15 Å². The molecule has 2 heterocycles. The Hall–Kier alpha value is -2.14. The third kappa shape index (κ3) is 2.44. The van der Waals surface area contributed by atoms with Crippen molar-refractivity contribution >= 4 is 12.0 Å². The smallest absolute Gasteiger partial charge is 0.185 e. The molecule has 1 aromatic heterocycles. The van der Waals surface area contributed by atoms with Gasteiger partial charge < -0.3 is 14.1 Å². The van der Waals surface area contributed by atoms with Crippen LogP contribution in [0, 0.1) is 5.82 Å². The average molecular weight is 275 g/mol. The van der Waals surface area contributed by atoms with Crippen molar-refractivity contribution in [1.82, 2.24) is 0 Å². The Bertz CT molecular complexity index is 617. The van der Waals surface area contributed by atoms with Crippen LogP contribution in [0.2, 0.25) is 0 Å². The normalized spacial score (nSPS) is 15.3. The van der Waals surface area contributed by atoms with Gasteiger partial charge in [0.2, 0.25) is 0 Å². The summed E-state index contributed by atoms with van der Waals surface area (Å²) >= 11 is 0. The molecule has 104 valence electrons. The number of ether oxygens (including phenoxy) is 1. The molecular formula is C15H14FNO3. The number of furan rings is 1. The first-order valence-corrected chi connectivity index (χ1v) is 6.45. The summed E-state index contributed by atoms with van der Waals surface area (Å²) in [4.78, 5) is 12.6. The molecule has 1 aromatic carbocycles. The summed E-state index contributed by atoms with van der Waals surface area (Å²) in [7, 11) is 0. The fraction of sp³-hybridized carbons (Fsp3) is 0.267. The quantitative estimate of drug-likeness (QED) is 0.808. The van der Waals surface area contributed by atoms with Crippen LogP contribution in [0.1, 0.15) is 10.6 Å². The Labute approximate surface area is 115 Å². The maximum atomic E-state index is 14.2. The molecule has 2 aromatic rings. The summed E-state index contributed by atoms with van der Waals surface area (Å²) < 4.78 is 24.8. The molecule has 0 spiro atoms. The number of hydrogen-bond acceptors (Lipinski definition) is 4. The third-order valence-corrected chi connectivity index (χ3v) is 3.33. The summed E-state index contributed by atoms with van der Waals surface area (Å²) in [5, 5.41) is 0. The number of nitrogens with zero attached hydrogens (tertiary/aromatic N) is 1. The van der Waals surface area contributed by atoms with E-state index >= 15 is 0 Å². The Kier molecular flexibility index (Phi) is 3.52. The second-order valence-electron chi connectivity index (χ2n) is 4.59. The van der Waals surface area contributed by atoms with Gasteiger partial charge in [-0.1, -0.05) is 0 Å². The maximum Gasteiger partial charge on any atom is 0.185 e. The second-order valence-corrected chi connectivity index (χ2v) is 4.59. The van der Waals surface area contributed by atoms with Crippen LogP contribution >= 0.6 is 0 Å². The van der Waals surface area contributed by atoms with Gasteiger partial charge in [0.25, 0.3) is 0 Å². The van der Waals surface area contributed by atoms with Crippen LogP contribution in [0.4, 0.5) is 10.1 Å². The van der Waals surface area contributed by atoms with Gasteiger partial charge in [0.1, 0.15) is 11.6 Å². The van der Waals surface area contributed by atoms with Crippen molar-refractivity contribution in [3.05, 3.63) is 41.9 Å². The zero-order valence-electron chi connectivity index (χ0n) is 10.8. The molecule has 0 aliphatic carbocycles. The van der Waals surface area contributed by atoms with E-state index in [1.165, 1.54) is 6.07 Å². The lowest BCUT2D eigenvalue weighted by atomic mass is 10.1. The average Bonchev–Trinajstić information content (AvgIpc) is 2.97. The molecule has 0 amide bonds. The Morgan fingerprint density at radius 2 is 1.95 bits per heavy atom. The highest BCUT2D eigenvalue weighted by molar-refractivity contribution is 5.73. The van der Waals surface area contributed by atoms with Gasteiger partial charge in [0, 0.05) is 18.7 Å². The van der Waals surface area contributed by atoms with Crippen LogP contribution in [0.3, 0.4) is 0 Å². The molecule has 5 heteroatoms. The van der Waals surface area contributed by atoms with Gasteiger partial charge in [-0.15, -0.1) is 0 Å². The van der Waals surface area contributed by atoms with E-state index < -0.39 is 0 Å². The fourth-order valence-corrected chi connectivity index (χ4v) is 2.29. The summed E-state index contributed by atoms with van der Waals surface area (Å²) in [6, 6.07) is 8.18. The van der Waals surface area contributed by atoms with Gasteiger partial charge in [-0.25, -0.2) is 4.39 Å². The molecule has 0 saturated carbocycles. The van der Waals surface area contributed by atoms with Gasteiger partial charge in [-0.05, 0) is 30.3 Å². The summed E-state index contributed by atoms with van der Waals surface area (Å²) in [5.41, 5.74) is 1.19. The number of halogens is 1. The number of carbonyl (C=O) groups is 1. The molecule has 0 unspecified atom stereocenters. The van der Waals surface area contributed by atoms with E-state index in [-0.39, 0.29) is 11.6 Å². The van der Waals surface area contributed by atoms with Crippen molar-refractivity contribution in [2.75, 3.05) is 31.2 Å². The Morgan fingerprint density at radius 1 is 1.15 bits per heavy atom. The SMILES string of the molecule is O=Cc1ccc(-c2ccc(N3CCOCC3)c(F)c2)o1. The third-order valence-electron chi connectivity index (χ3n) is 3.33. The van der Waals surface area contributed by atoms with Gasteiger partial charge in [0.15, 0.2) is 12.0 Å². The van der Waals surface area contributed by atoms with Crippen LogP contribution in [0.25, 0.3) is 11.3 Å². The highest BCUT2D eigenvalue weighted by Crippen LogP contribution is 2.28. The van der Waals surface area contributed by atoms with Crippen LogP contribution in [-0.2, 0) is 4.74 Å². The van der Waals surface area contributed by atoms with Gasteiger partial charge in [-0.3, -0.25) is 4.79 Å². The topological polar surface area (TPSA) is 42.7 Å². The van der Waals surface area contributed by atoms with E-state index in [1.54, 1.807) is 24.3 Å². The molecule has 1 fully saturated rings. The molecule has 1 saturated heterocycles. The minimum Gasteiger partial charge on any atom is -0.453 e. The molecule has 20 heavy (non-hydrogen) atoms. The predicted octanol–water partition coefficient (Wildman–Crippen LogP) is 2.73. The van der Waals surface area contributed by atoms with Crippen molar-refractivity contribution in [3.8, 4) is 11.3 Å². The lowest BCUT2D eigenvalue weighted by Crippen LogP contribution is -2.36. The first-order chi connectivity index (χ1) is 9.78. The predicted molar refractivity (Wildman–Crippen MR) is 72.5 cm³/mol. The van der Waals surface area contributed by atoms with E-state index in [0.717, 1.165) is 0 Å². The van der Waals surface area contributed by atoms with Crippen LogP contribution in [-0.4, -0.2) is 32.6 Å². The Balaban J connectivity index is 1.88. The first-order valence-electron chi connectivity index (χ1n) is 6.45. The number of anilines is 1. The number of benzene rings is 1. The number of morpholine rings is 1. The lowest BCUT2D eigenvalue weighted by molar-refractivity contribution is 0.110. The van der Waals surface area contributed by atoms with Gasteiger partial charge in [-0.2, -0.15) is 0 Å². The Morgan fingerprint density at radius 3 is 2.60 bits per heavy atom. The van der Waals surface area contributed by atoms with E-state index in [2.05, 4.69) is 0 Å². The summed E-state index contributed by atoms with van der Waals surface area (Å²) in [6.07, 6.45) is 0.627. The second kappa shape index (κ2) is 5.46. The number of rotatable bonds is 3. The number of carbonyl (C=O) groups excluding carboxylic acids is 1. The van der Waals surface area contributed by atoms with Gasteiger partial charge in [0.05, 0.1) is 18.9 Å². The van der Waals surface area contributed by atoms with Crippen molar-refractivity contribution in [2.24, 2.45) is 0 Å². The monoisotopic (exact) mass is 275 g/mol. The lowest BCUT2D eigenvalue weighted by Gasteiger charge is -2.29.